The fourth-order valence-electron chi connectivity index (χ4n) is 0.767. The highest BCUT2D eigenvalue weighted by Crippen LogP contribution is 2.04. The van der Waals surface area contributed by atoms with Gasteiger partial charge in [0.1, 0.15) is 0 Å². The average Bonchev–Trinajstić information content (AvgIpc) is 1.88. The first-order valence-electron chi connectivity index (χ1n) is 2.96. The van der Waals surface area contributed by atoms with E-state index in [1.165, 1.54) is 12.1 Å². The van der Waals surface area contributed by atoms with Crippen molar-refractivity contribution in [2.75, 3.05) is 0 Å². The van der Waals surface area contributed by atoms with Gasteiger partial charge >= 0.3 is 6.04 Å². The van der Waals surface area contributed by atoms with E-state index in [1.807, 2.05) is 13.0 Å². The van der Waals surface area contributed by atoms with Gasteiger partial charge in [0.15, 0.2) is 0 Å². The van der Waals surface area contributed by atoms with E-state index in [0.29, 0.717) is 0 Å². The number of carbonyl (C=O) groups excluding carboxylic acids is 1. The number of aryl methyl sites for hydroxylation is 1. The minimum atomic E-state index is -1.37. The third kappa shape index (κ3) is 1.41. The quantitative estimate of drug-likeness (QED) is 0.543. The van der Waals surface area contributed by atoms with E-state index in [9.17, 15) is 9.18 Å². The Morgan fingerprint density at radius 1 is 1.50 bits per heavy atom. The van der Waals surface area contributed by atoms with Crippen molar-refractivity contribution in [3.63, 3.8) is 0 Å². The Labute approximate surface area is 58.5 Å². The molecule has 0 aliphatic carbocycles. The third-order valence-corrected chi connectivity index (χ3v) is 1.25. The van der Waals surface area contributed by atoms with Crippen LogP contribution in [0.5, 0.6) is 0 Å². The molecule has 0 N–H and O–H groups in total. The molecule has 0 bridgehead atoms. The van der Waals surface area contributed by atoms with Gasteiger partial charge in [-0.1, -0.05) is 17.7 Å². The molecule has 0 unspecified atom stereocenters. The molecule has 0 atom stereocenters. The average molecular weight is 138 g/mol. The smallest absolute Gasteiger partial charge is 0.255 e. The van der Waals surface area contributed by atoms with Crippen molar-refractivity contribution in [1.29, 1.82) is 0 Å². The van der Waals surface area contributed by atoms with Crippen molar-refractivity contribution in [2.24, 2.45) is 0 Å². The zero-order chi connectivity index (χ0) is 7.56. The summed E-state index contributed by atoms with van der Waals surface area (Å²) < 4.78 is 12.0. The molecule has 0 aliphatic heterocycles. The molecule has 0 saturated carbocycles. The van der Waals surface area contributed by atoms with Crippen LogP contribution >= 0.6 is 0 Å². The van der Waals surface area contributed by atoms with Gasteiger partial charge in [0.25, 0.3) is 0 Å². The van der Waals surface area contributed by atoms with E-state index in [-0.39, 0.29) is 5.56 Å². The Morgan fingerprint density at radius 2 is 2.20 bits per heavy atom. The van der Waals surface area contributed by atoms with Gasteiger partial charge in [-0.15, -0.1) is 0 Å². The summed E-state index contributed by atoms with van der Waals surface area (Å²) in [6.07, 6.45) is 0. The van der Waals surface area contributed by atoms with Gasteiger partial charge in [0.05, 0.1) is 5.56 Å². The summed E-state index contributed by atoms with van der Waals surface area (Å²) in [6, 6.07) is 5.07. The molecule has 1 nitrogen and oxygen atoms in total. The normalized spacial score (nSPS) is 9.40. The molecule has 10 heavy (non-hydrogen) atoms. The molecule has 1 aromatic carbocycles. The first-order chi connectivity index (χ1) is 4.70. The number of benzene rings is 1. The lowest BCUT2D eigenvalue weighted by atomic mass is 10.1. The second kappa shape index (κ2) is 2.60. The van der Waals surface area contributed by atoms with Crippen molar-refractivity contribution >= 4 is 6.04 Å². The first-order valence-corrected chi connectivity index (χ1v) is 2.96. The van der Waals surface area contributed by atoms with E-state index in [4.69, 9.17) is 0 Å². The van der Waals surface area contributed by atoms with Crippen molar-refractivity contribution in [3.8, 4) is 0 Å². The lowest BCUT2D eigenvalue weighted by Gasteiger charge is -1.92. The summed E-state index contributed by atoms with van der Waals surface area (Å²) >= 11 is 0. The first kappa shape index (κ1) is 6.93. The maximum absolute atomic E-state index is 12.0. The molecule has 1 rings (SSSR count). The van der Waals surface area contributed by atoms with Gasteiger partial charge < -0.3 is 0 Å². The maximum Gasteiger partial charge on any atom is 0.332 e. The van der Waals surface area contributed by atoms with E-state index < -0.39 is 6.04 Å². The summed E-state index contributed by atoms with van der Waals surface area (Å²) in [6.45, 7) is 1.81. The fourth-order valence-corrected chi connectivity index (χ4v) is 0.767. The van der Waals surface area contributed by atoms with E-state index in [1.54, 1.807) is 6.07 Å². The van der Waals surface area contributed by atoms with Gasteiger partial charge in [-0.3, -0.25) is 4.79 Å². The number of hydrogen-bond acceptors (Lipinski definition) is 1. The summed E-state index contributed by atoms with van der Waals surface area (Å²) in [4.78, 5) is 10.1. The third-order valence-electron chi connectivity index (χ3n) is 1.25. The molecule has 0 amide bonds. The minimum absolute atomic E-state index is 0.125. The summed E-state index contributed by atoms with van der Waals surface area (Å²) in [5.74, 6) is 0. The Balaban J connectivity index is 3.07. The number of carbonyl (C=O) groups is 1. The van der Waals surface area contributed by atoms with Crippen molar-refractivity contribution in [3.05, 3.63) is 35.4 Å². The molecule has 0 aromatic heterocycles. The number of halogens is 1. The fraction of sp³-hybridized carbons (Fsp3) is 0.125. The molecule has 1 aromatic rings. The Hall–Kier alpha value is -1.18. The maximum atomic E-state index is 12.0. The summed E-state index contributed by atoms with van der Waals surface area (Å²) in [5, 5.41) is 0. The molecule has 0 radical (unpaired) electrons. The zero-order valence-electron chi connectivity index (χ0n) is 5.60. The Bertz CT molecular complexity index is 255. The van der Waals surface area contributed by atoms with Gasteiger partial charge in [0.2, 0.25) is 0 Å². The molecule has 2 heteroatoms. The highest BCUT2D eigenvalue weighted by atomic mass is 19.1. The summed E-state index contributed by atoms with van der Waals surface area (Å²) in [5.41, 5.74) is 1.02. The molecular weight excluding hydrogens is 131 g/mol. The van der Waals surface area contributed by atoms with Crippen LogP contribution in [0, 0.1) is 6.92 Å². The van der Waals surface area contributed by atoms with Crippen molar-refractivity contribution < 1.29 is 9.18 Å². The van der Waals surface area contributed by atoms with Gasteiger partial charge in [-0.05, 0) is 19.1 Å². The Kier molecular flexibility index (Phi) is 1.81. The van der Waals surface area contributed by atoms with Crippen molar-refractivity contribution in [1.82, 2.24) is 0 Å². The predicted octanol–water partition coefficient (Wildman–Crippen LogP) is 2.10. The van der Waals surface area contributed by atoms with E-state index in [2.05, 4.69) is 0 Å². The Morgan fingerprint density at radius 3 is 2.60 bits per heavy atom. The number of hydrogen-bond donors (Lipinski definition) is 0. The monoisotopic (exact) mass is 138 g/mol. The minimum Gasteiger partial charge on any atom is -0.255 e. The van der Waals surface area contributed by atoms with Crippen LogP contribution in [0.2, 0.25) is 0 Å². The van der Waals surface area contributed by atoms with E-state index in [0.717, 1.165) is 5.56 Å². The predicted molar refractivity (Wildman–Crippen MR) is 36.6 cm³/mol. The van der Waals surface area contributed by atoms with Crippen LogP contribution in [0.15, 0.2) is 24.3 Å². The van der Waals surface area contributed by atoms with Crippen molar-refractivity contribution in [2.45, 2.75) is 6.92 Å². The van der Waals surface area contributed by atoms with Gasteiger partial charge in [-0.2, -0.15) is 4.39 Å². The topological polar surface area (TPSA) is 17.1 Å². The van der Waals surface area contributed by atoms with E-state index >= 15 is 0 Å². The van der Waals surface area contributed by atoms with Crippen LogP contribution in [0.4, 0.5) is 4.39 Å². The molecule has 0 fully saturated rings. The highest BCUT2D eigenvalue weighted by molar-refractivity contribution is 5.88. The van der Waals surface area contributed by atoms with Crippen LogP contribution in [-0.2, 0) is 0 Å². The number of rotatable bonds is 1. The van der Waals surface area contributed by atoms with Crippen LogP contribution in [0.1, 0.15) is 15.9 Å². The molecule has 0 spiro atoms. The highest BCUT2D eigenvalue weighted by Gasteiger charge is 2.00. The second-order valence-electron chi connectivity index (χ2n) is 2.14. The van der Waals surface area contributed by atoms with Crippen LogP contribution in [0.25, 0.3) is 0 Å². The summed E-state index contributed by atoms with van der Waals surface area (Å²) in [7, 11) is 0. The largest absolute Gasteiger partial charge is 0.332 e. The second-order valence-corrected chi connectivity index (χ2v) is 2.14. The molecule has 0 saturated heterocycles. The standard InChI is InChI=1S/C8H7FO/c1-6-3-2-4-7(5-6)8(9)10/h2-5H,1H3. The molecular formula is C8H7FO. The van der Waals surface area contributed by atoms with Crippen LogP contribution in [-0.4, -0.2) is 6.04 Å². The lowest BCUT2D eigenvalue weighted by Crippen LogP contribution is -1.88. The molecule has 52 valence electrons. The zero-order valence-corrected chi connectivity index (χ0v) is 5.60. The molecule has 0 aliphatic rings. The SMILES string of the molecule is Cc1cccc(C(=O)F)c1. The van der Waals surface area contributed by atoms with Gasteiger partial charge in [0, 0.05) is 0 Å². The van der Waals surface area contributed by atoms with Crippen LogP contribution < -0.4 is 0 Å². The lowest BCUT2D eigenvalue weighted by molar-refractivity contribution is 0.0836. The van der Waals surface area contributed by atoms with Gasteiger partial charge in [-0.25, -0.2) is 0 Å². The molecule has 0 heterocycles. The van der Waals surface area contributed by atoms with Crippen LogP contribution in [0.3, 0.4) is 0 Å².